The van der Waals surface area contributed by atoms with Gasteiger partial charge in [-0.2, -0.15) is 0 Å². The minimum absolute atomic E-state index is 0.175. The van der Waals surface area contributed by atoms with Crippen LogP contribution in [-0.4, -0.2) is 56.1 Å². The van der Waals surface area contributed by atoms with Gasteiger partial charge in [0.05, 0.1) is 23.5 Å². The molecule has 2 rings (SSSR count). The summed E-state index contributed by atoms with van der Waals surface area (Å²) in [7, 11) is 1.90. The van der Waals surface area contributed by atoms with E-state index in [1.54, 1.807) is 12.1 Å². The fourth-order valence-electron chi connectivity index (χ4n) is 3.06. The Bertz CT molecular complexity index is 525. The summed E-state index contributed by atoms with van der Waals surface area (Å²) >= 11 is 0. The number of morpholine rings is 1. The van der Waals surface area contributed by atoms with E-state index in [9.17, 15) is 9.18 Å². The molecule has 2 atom stereocenters. The highest BCUT2D eigenvalue weighted by atomic mass is 19.1. The summed E-state index contributed by atoms with van der Waals surface area (Å²) in [5.41, 5.74) is 0.829. The lowest BCUT2D eigenvalue weighted by Crippen LogP contribution is -2.47. The normalized spacial score (nSPS) is 22.6. The molecule has 1 saturated heterocycles. The number of carbonyl (C=O) groups excluding carboxylic acids is 1. The van der Waals surface area contributed by atoms with E-state index in [1.807, 2.05) is 11.9 Å². The van der Waals surface area contributed by atoms with Crippen LogP contribution in [0.1, 0.15) is 31.1 Å². The second-order valence-corrected chi connectivity index (χ2v) is 6.13. The number of rotatable bonds is 5. The third-order valence-corrected chi connectivity index (χ3v) is 4.00. The Morgan fingerprint density at radius 2 is 2.00 bits per heavy atom. The number of hydrogen-bond donors (Lipinski definition) is 0. The first-order chi connectivity index (χ1) is 10.4. The molecule has 0 saturated carbocycles. The molecule has 122 valence electrons. The van der Waals surface area contributed by atoms with Crippen molar-refractivity contribution in [1.29, 1.82) is 0 Å². The number of Topliss-reactive ketones (excluding diaryl/α,β-unsaturated/α-hetero) is 1. The van der Waals surface area contributed by atoms with Gasteiger partial charge in [-0.05, 0) is 32.9 Å². The van der Waals surface area contributed by atoms with E-state index in [-0.39, 0.29) is 23.6 Å². The number of hydrogen-bond acceptors (Lipinski definition) is 4. The van der Waals surface area contributed by atoms with Gasteiger partial charge in [0.15, 0.2) is 5.78 Å². The van der Waals surface area contributed by atoms with Gasteiger partial charge in [0.2, 0.25) is 0 Å². The lowest BCUT2D eigenvalue weighted by Gasteiger charge is -2.36. The molecule has 0 aromatic heterocycles. The second-order valence-electron chi connectivity index (χ2n) is 6.13. The highest BCUT2D eigenvalue weighted by Gasteiger charge is 2.22. The third-order valence-electron chi connectivity index (χ3n) is 4.00. The van der Waals surface area contributed by atoms with Crippen molar-refractivity contribution in [3.05, 3.63) is 29.6 Å². The number of ether oxygens (including phenoxy) is 1. The van der Waals surface area contributed by atoms with Crippen molar-refractivity contribution in [2.75, 3.05) is 38.1 Å². The zero-order valence-electron chi connectivity index (χ0n) is 13.8. The number of benzene rings is 1. The van der Waals surface area contributed by atoms with Crippen LogP contribution >= 0.6 is 0 Å². The van der Waals surface area contributed by atoms with Crippen LogP contribution in [0.2, 0.25) is 0 Å². The van der Waals surface area contributed by atoms with Crippen molar-refractivity contribution >= 4 is 11.5 Å². The maximum atomic E-state index is 13.9. The quantitative estimate of drug-likeness (QED) is 0.783. The van der Waals surface area contributed by atoms with Crippen molar-refractivity contribution in [2.24, 2.45) is 0 Å². The summed E-state index contributed by atoms with van der Waals surface area (Å²) in [6, 6.07) is 4.77. The molecule has 4 nitrogen and oxygen atoms in total. The first-order valence-electron chi connectivity index (χ1n) is 7.77. The first kappa shape index (κ1) is 16.9. The molecule has 1 fully saturated rings. The summed E-state index contributed by atoms with van der Waals surface area (Å²) < 4.78 is 19.6. The van der Waals surface area contributed by atoms with Crippen LogP contribution in [0.4, 0.5) is 10.1 Å². The van der Waals surface area contributed by atoms with E-state index >= 15 is 0 Å². The summed E-state index contributed by atoms with van der Waals surface area (Å²) in [5, 5.41) is 0. The van der Waals surface area contributed by atoms with E-state index in [0.29, 0.717) is 5.69 Å². The topological polar surface area (TPSA) is 32.8 Å². The number of nitrogens with zero attached hydrogens (tertiary/aromatic N) is 2. The highest BCUT2D eigenvalue weighted by Crippen LogP contribution is 2.23. The Hall–Kier alpha value is -1.46. The zero-order valence-corrected chi connectivity index (χ0v) is 13.8. The van der Waals surface area contributed by atoms with Crippen molar-refractivity contribution in [1.82, 2.24) is 4.90 Å². The third kappa shape index (κ3) is 4.05. The lowest BCUT2D eigenvalue weighted by molar-refractivity contribution is -0.0670. The summed E-state index contributed by atoms with van der Waals surface area (Å²) in [6.07, 6.45) is 0.465. The second kappa shape index (κ2) is 7.20. The van der Waals surface area contributed by atoms with Crippen molar-refractivity contribution in [3.63, 3.8) is 0 Å². The number of anilines is 1. The maximum absolute atomic E-state index is 13.9. The van der Waals surface area contributed by atoms with Gasteiger partial charge in [-0.3, -0.25) is 9.69 Å². The van der Waals surface area contributed by atoms with Gasteiger partial charge in [-0.15, -0.1) is 0 Å². The van der Waals surface area contributed by atoms with E-state index in [0.717, 1.165) is 26.2 Å². The molecule has 0 bridgehead atoms. The summed E-state index contributed by atoms with van der Waals surface area (Å²) in [5.74, 6) is -0.695. The van der Waals surface area contributed by atoms with E-state index in [1.165, 1.54) is 13.0 Å². The molecule has 0 aliphatic carbocycles. The van der Waals surface area contributed by atoms with Gasteiger partial charge < -0.3 is 9.64 Å². The maximum Gasteiger partial charge on any atom is 0.164 e. The van der Waals surface area contributed by atoms with Crippen molar-refractivity contribution < 1.29 is 13.9 Å². The fourth-order valence-corrected chi connectivity index (χ4v) is 3.06. The molecule has 22 heavy (non-hydrogen) atoms. The Morgan fingerprint density at radius 1 is 1.36 bits per heavy atom. The van der Waals surface area contributed by atoms with Gasteiger partial charge >= 0.3 is 0 Å². The monoisotopic (exact) mass is 308 g/mol. The Kier molecular flexibility index (Phi) is 5.53. The van der Waals surface area contributed by atoms with Crippen LogP contribution in [0.25, 0.3) is 0 Å². The van der Waals surface area contributed by atoms with Crippen molar-refractivity contribution in [3.8, 4) is 0 Å². The van der Waals surface area contributed by atoms with Crippen LogP contribution in [0.15, 0.2) is 18.2 Å². The molecule has 0 amide bonds. The molecular weight excluding hydrogens is 283 g/mol. The fraction of sp³-hybridized carbons (Fsp3) is 0.588. The van der Waals surface area contributed by atoms with Crippen LogP contribution in [0.5, 0.6) is 0 Å². The minimum atomic E-state index is -0.453. The summed E-state index contributed by atoms with van der Waals surface area (Å²) in [4.78, 5) is 16.0. The molecule has 1 aromatic rings. The van der Waals surface area contributed by atoms with Crippen LogP contribution < -0.4 is 4.90 Å². The van der Waals surface area contributed by atoms with Gasteiger partial charge in [0.1, 0.15) is 5.82 Å². The highest BCUT2D eigenvalue weighted by molar-refractivity contribution is 6.00. The standard InChI is InChI=1S/C17H25FN2O2/c1-12-10-20(11-13(2)22-12)9-8-19(4)16-7-5-6-15(18)17(16)14(3)21/h5-7,12-13H,8-11H2,1-4H3/t12-,13+. The molecule has 0 unspecified atom stereocenters. The molecule has 0 N–H and O–H groups in total. The van der Waals surface area contributed by atoms with E-state index in [4.69, 9.17) is 4.74 Å². The molecule has 1 heterocycles. The smallest absolute Gasteiger partial charge is 0.164 e. The van der Waals surface area contributed by atoms with Gasteiger partial charge in [-0.1, -0.05) is 6.07 Å². The molecular formula is C17H25FN2O2. The molecule has 0 radical (unpaired) electrons. The predicted molar refractivity (Wildman–Crippen MR) is 86.1 cm³/mol. The van der Waals surface area contributed by atoms with Crippen LogP contribution in [0, 0.1) is 5.82 Å². The van der Waals surface area contributed by atoms with Gasteiger partial charge in [0.25, 0.3) is 0 Å². The molecule has 5 heteroatoms. The van der Waals surface area contributed by atoms with Crippen molar-refractivity contribution in [2.45, 2.75) is 33.0 Å². The average molecular weight is 308 g/mol. The SMILES string of the molecule is CC(=O)c1c(F)cccc1N(C)CCN1C[C@@H](C)O[C@@H](C)C1. The molecule has 1 aliphatic heterocycles. The average Bonchev–Trinajstić information content (AvgIpc) is 2.43. The molecule has 0 spiro atoms. The minimum Gasteiger partial charge on any atom is -0.373 e. The zero-order chi connectivity index (χ0) is 16.3. The van der Waals surface area contributed by atoms with E-state index in [2.05, 4.69) is 18.7 Å². The Balaban J connectivity index is 2.02. The van der Waals surface area contributed by atoms with Crippen LogP contribution in [0.3, 0.4) is 0 Å². The number of halogens is 1. The Morgan fingerprint density at radius 3 is 2.59 bits per heavy atom. The van der Waals surface area contributed by atoms with Crippen LogP contribution in [-0.2, 0) is 4.74 Å². The number of carbonyl (C=O) groups is 1. The summed E-state index contributed by atoms with van der Waals surface area (Å²) in [6.45, 7) is 8.97. The number of likely N-dealkylation sites (N-methyl/N-ethyl adjacent to an activating group) is 1. The molecule has 1 aliphatic rings. The number of ketones is 1. The molecule has 1 aromatic carbocycles. The van der Waals surface area contributed by atoms with Gasteiger partial charge in [0, 0.05) is 33.2 Å². The first-order valence-corrected chi connectivity index (χ1v) is 7.77. The Labute approximate surface area is 131 Å². The lowest BCUT2D eigenvalue weighted by atomic mass is 10.1. The predicted octanol–water partition coefficient (Wildman–Crippen LogP) is 2.57. The van der Waals surface area contributed by atoms with Gasteiger partial charge in [-0.25, -0.2) is 4.39 Å². The van der Waals surface area contributed by atoms with E-state index < -0.39 is 5.82 Å². The largest absolute Gasteiger partial charge is 0.373 e.